The van der Waals surface area contributed by atoms with Gasteiger partial charge in [-0.05, 0) is 31.6 Å². The molecule has 1 fully saturated rings. The molecule has 0 spiro atoms. The molecule has 1 aromatic rings. The summed E-state index contributed by atoms with van der Waals surface area (Å²) >= 11 is 0. The fourth-order valence-corrected chi connectivity index (χ4v) is 2.61. The van der Waals surface area contributed by atoms with Crippen LogP contribution in [0.5, 0.6) is 0 Å². The average Bonchev–Trinajstić information content (AvgIpc) is 2.94. The molecule has 0 aliphatic heterocycles. The molecular weight excluding hydrogens is 228 g/mol. The Morgan fingerprint density at radius 3 is 2.67 bits per heavy atom. The molecule has 0 radical (unpaired) electrons. The zero-order valence-corrected chi connectivity index (χ0v) is 11.2. The Labute approximate surface area is 108 Å². The number of nitrogens with zero attached hydrogens (tertiary/aromatic N) is 3. The first-order valence-electron chi connectivity index (χ1n) is 6.83. The van der Waals surface area contributed by atoms with Gasteiger partial charge in [0.15, 0.2) is 5.69 Å². The van der Waals surface area contributed by atoms with Crippen LogP contribution in [-0.4, -0.2) is 20.9 Å². The quantitative estimate of drug-likeness (QED) is 0.869. The highest BCUT2D eigenvalue weighted by atomic mass is 16.1. The van der Waals surface area contributed by atoms with Crippen LogP contribution >= 0.6 is 0 Å². The average molecular weight is 250 g/mol. The minimum absolute atomic E-state index is 0.363. The van der Waals surface area contributed by atoms with E-state index >= 15 is 0 Å². The van der Waals surface area contributed by atoms with E-state index in [0.29, 0.717) is 17.7 Å². The fourth-order valence-electron chi connectivity index (χ4n) is 2.61. The molecule has 1 aromatic heterocycles. The number of aromatic nitrogens is 3. The maximum absolute atomic E-state index is 11.4. The summed E-state index contributed by atoms with van der Waals surface area (Å²) in [5, 5.41) is 8.14. The third kappa shape index (κ3) is 2.71. The molecule has 0 bridgehead atoms. The van der Waals surface area contributed by atoms with Crippen molar-refractivity contribution in [3.63, 3.8) is 0 Å². The van der Waals surface area contributed by atoms with Gasteiger partial charge in [0.2, 0.25) is 0 Å². The molecule has 0 unspecified atom stereocenters. The van der Waals surface area contributed by atoms with Gasteiger partial charge >= 0.3 is 0 Å². The van der Waals surface area contributed by atoms with E-state index in [1.54, 1.807) is 0 Å². The summed E-state index contributed by atoms with van der Waals surface area (Å²) in [7, 11) is 0. The highest BCUT2D eigenvalue weighted by Gasteiger charge is 2.24. The third-order valence-electron chi connectivity index (χ3n) is 3.65. The second-order valence-corrected chi connectivity index (χ2v) is 5.56. The Morgan fingerprint density at radius 1 is 1.44 bits per heavy atom. The van der Waals surface area contributed by atoms with Crippen LogP contribution in [0.3, 0.4) is 0 Å². The van der Waals surface area contributed by atoms with Crippen LogP contribution in [0, 0.1) is 5.92 Å². The van der Waals surface area contributed by atoms with E-state index in [2.05, 4.69) is 24.2 Å². The highest BCUT2D eigenvalue weighted by molar-refractivity contribution is 5.91. The van der Waals surface area contributed by atoms with Gasteiger partial charge in [-0.1, -0.05) is 31.9 Å². The van der Waals surface area contributed by atoms with Gasteiger partial charge in [0.25, 0.3) is 5.91 Å². The summed E-state index contributed by atoms with van der Waals surface area (Å²) in [6.45, 7) is 4.35. The van der Waals surface area contributed by atoms with Crippen molar-refractivity contribution in [3.8, 4) is 0 Å². The molecule has 1 heterocycles. The van der Waals surface area contributed by atoms with Crippen molar-refractivity contribution in [1.29, 1.82) is 0 Å². The number of hydrogen-bond acceptors (Lipinski definition) is 3. The van der Waals surface area contributed by atoms with Crippen molar-refractivity contribution in [2.75, 3.05) is 0 Å². The molecule has 18 heavy (non-hydrogen) atoms. The van der Waals surface area contributed by atoms with Crippen molar-refractivity contribution in [2.45, 2.75) is 58.4 Å². The van der Waals surface area contributed by atoms with Gasteiger partial charge in [-0.15, -0.1) is 5.10 Å². The molecule has 5 nitrogen and oxygen atoms in total. The number of hydrogen-bond donors (Lipinski definition) is 1. The van der Waals surface area contributed by atoms with Gasteiger partial charge in [-0.3, -0.25) is 4.79 Å². The van der Waals surface area contributed by atoms with Gasteiger partial charge in [-0.25, -0.2) is 4.68 Å². The van der Waals surface area contributed by atoms with E-state index in [9.17, 15) is 4.79 Å². The summed E-state index contributed by atoms with van der Waals surface area (Å²) in [5.74, 6) is 0.135. The van der Waals surface area contributed by atoms with Gasteiger partial charge in [0, 0.05) is 0 Å². The smallest absolute Gasteiger partial charge is 0.271 e. The summed E-state index contributed by atoms with van der Waals surface area (Å²) in [4.78, 5) is 11.4. The SMILES string of the molecule is CC(C)CCc1c(C(N)=O)nnn1C1CCCC1. The molecule has 2 N–H and O–H groups in total. The summed E-state index contributed by atoms with van der Waals surface area (Å²) in [5.41, 5.74) is 6.68. The Balaban J connectivity index is 2.24. The van der Waals surface area contributed by atoms with E-state index in [-0.39, 0.29) is 0 Å². The molecular formula is C13H22N4O. The zero-order valence-electron chi connectivity index (χ0n) is 11.2. The summed E-state index contributed by atoms with van der Waals surface area (Å²) in [6, 6.07) is 0.410. The number of amides is 1. The van der Waals surface area contributed by atoms with Gasteiger partial charge in [0.05, 0.1) is 11.7 Å². The van der Waals surface area contributed by atoms with E-state index in [4.69, 9.17) is 5.73 Å². The number of rotatable bonds is 5. The molecule has 0 aromatic carbocycles. The molecule has 1 aliphatic carbocycles. The monoisotopic (exact) mass is 250 g/mol. The number of primary amides is 1. The standard InChI is InChI=1S/C13H22N4O/c1-9(2)7-8-11-12(13(14)18)15-16-17(11)10-5-3-4-6-10/h9-10H,3-8H2,1-2H3,(H2,14,18). The van der Waals surface area contributed by atoms with Crippen LogP contribution < -0.4 is 5.73 Å². The minimum Gasteiger partial charge on any atom is -0.364 e. The van der Waals surface area contributed by atoms with Crippen molar-refractivity contribution in [3.05, 3.63) is 11.4 Å². The second-order valence-electron chi connectivity index (χ2n) is 5.56. The Hall–Kier alpha value is -1.39. The summed E-state index contributed by atoms with van der Waals surface area (Å²) < 4.78 is 1.95. The van der Waals surface area contributed by atoms with Crippen LogP contribution in [0.1, 0.15) is 68.2 Å². The molecule has 1 saturated carbocycles. The van der Waals surface area contributed by atoms with E-state index in [1.807, 2.05) is 4.68 Å². The normalized spacial score (nSPS) is 16.6. The lowest BCUT2D eigenvalue weighted by atomic mass is 10.0. The summed E-state index contributed by atoms with van der Waals surface area (Å²) in [6.07, 6.45) is 6.60. The number of carbonyl (C=O) groups excluding carboxylic acids is 1. The van der Waals surface area contributed by atoms with Crippen molar-refractivity contribution >= 4 is 5.91 Å². The Morgan fingerprint density at radius 2 is 2.11 bits per heavy atom. The minimum atomic E-state index is -0.460. The topological polar surface area (TPSA) is 73.8 Å². The first-order chi connectivity index (χ1) is 8.59. The third-order valence-corrected chi connectivity index (χ3v) is 3.65. The molecule has 2 rings (SSSR count). The maximum Gasteiger partial charge on any atom is 0.271 e. The lowest BCUT2D eigenvalue weighted by molar-refractivity contribution is 0.0994. The van der Waals surface area contributed by atoms with E-state index in [1.165, 1.54) is 12.8 Å². The molecule has 0 saturated heterocycles. The largest absolute Gasteiger partial charge is 0.364 e. The molecule has 0 atom stereocenters. The predicted molar refractivity (Wildman–Crippen MR) is 69.2 cm³/mol. The highest BCUT2D eigenvalue weighted by Crippen LogP contribution is 2.30. The fraction of sp³-hybridized carbons (Fsp3) is 0.769. The first kappa shape index (κ1) is 13.1. The van der Waals surface area contributed by atoms with Crippen LogP contribution in [0.25, 0.3) is 0 Å². The van der Waals surface area contributed by atoms with Gasteiger partial charge < -0.3 is 5.73 Å². The Bertz CT molecular complexity index is 419. The van der Waals surface area contributed by atoms with E-state index < -0.39 is 5.91 Å². The van der Waals surface area contributed by atoms with Gasteiger partial charge in [-0.2, -0.15) is 0 Å². The van der Waals surface area contributed by atoms with Crippen LogP contribution in [0.2, 0.25) is 0 Å². The lowest BCUT2D eigenvalue weighted by Gasteiger charge is -2.14. The van der Waals surface area contributed by atoms with Crippen molar-refractivity contribution in [1.82, 2.24) is 15.0 Å². The first-order valence-corrected chi connectivity index (χ1v) is 6.83. The van der Waals surface area contributed by atoms with Crippen LogP contribution in [0.4, 0.5) is 0 Å². The molecule has 100 valence electrons. The van der Waals surface area contributed by atoms with Crippen molar-refractivity contribution < 1.29 is 4.79 Å². The van der Waals surface area contributed by atoms with Crippen LogP contribution in [0.15, 0.2) is 0 Å². The number of nitrogens with two attached hydrogens (primary N) is 1. The van der Waals surface area contributed by atoms with Crippen LogP contribution in [-0.2, 0) is 6.42 Å². The van der Waals surface area contributed by atoms with Gasteiger partial charge in [0.1, 0.15) is 0 Å². The lowest BCUT2D eigenvalue weighted by Crippen LogP contribution is -2.17. The zero-order chi connectivity index (χ0) is 13.1. The Kier molecular flexibility index (Phi) is 3.99. The molecule has 5 heteroatoms. The molecule has 1 aliphatic rings. The second kappa shape index (κ2) is 5.50. The van der Waals surface area contributed by atoms with Crippen molar-refractivity contribution in [2.24, 2.45) is 11.7 Å². The maximum atomic E-state index is 11.4. The van der Waals surface area contributed by atoms with E-state index in [0.717, 1.165) is 31.4 Å². The molecule has 1 amide bonds. The predicted octanol–water partition coefficient (Wildman–Crippen LogP) is 2.08. The number of carbonyl (C=O) groups is 1.